The predicted octanol–water partition coefficient (Wildman–Crippen LogP) is 2.81. The van der Waals surface area contributed by atoms with Crippen LogP contribution in [0, 0.1) is 12.8 Å². The highest BCUT2D eigenvalue weighted by atomic mass is 15.1. The lowest BCUT2D eigenvalue weighted by atomic mass is 10.1. The summed E-state index contributed by atoms with van der Waals surface area (Å²) in [5.41, 5.74) is 4.05. The van der Waals surface area contributed by atoms with Gasteiger partial charge in [-0.15, -0.1) is 0 Å². The van der Waals surface area contributed by atoms with E-state index in [0.717, 1.165) is 13.1 Å². The molecule has 1 aromatic rings. The van der Waals surface area contributed by atoms with Crippen molar-refractivity contribution in [3.63, 3.8) is 0 Å². The predicted molar refractivity (Wildman–Crippen MR) is 72.1 cm³/mol. The van der Waals surface area contributed by atoms with Gasteiger partial charge in [0.15, 0.2) is 0 Å². The summed E-state index contributed by atoms with van der Waals surface area (Å²) < 4.78 is 0. The van der Waals surface area contributed by atoms with Crippen molar-refractivity contribution >= 4 is 5.69 Å². The van der Waals surface area contributed by atoms with Crippen LogP contribution in [0.3, 0.4) is 0 Å². The van der Waals surface area contributed by atoms with Gasteiger partial charge < -0.3 is 10.2 Å². The number of nitrogens with one attached hydrogen (secondary N) is 1. The van der Waals surface area contributed by atoms with Gasteiger partial charge in [0.1, 0.15) is 0 Å². The monoisotopic (exact) mass is 220 g/mol. The molecule has 0 saturated carbocycles. The fourth-order valence-corrected chi connectivity index (χ4v) is 1.96. The largest absolute Gasteiger partial charge is 0.374 e. The van der Waals surface area contributed by atoms with E-state index in [-0.39, 0.29) is 0 Å². The first-order valence-corrected chi connectivity index (χ1v) is 6.00. The zero-order chi connectivity index (χ0) is 12.1. The number of nitrogens with zero attached hydrogens (tertiary/aromatic N) is 1. The Labute approximate surface area is 99.7 Å². The molecular weight excluding hydrogens is 196 g/mol. The Hall–Kier alpha value is -1.02. The van der Waals surface area contributed by atoms with Crippen molar-refractivity contribution in [2.45, 2.75) is 27.3 Å². The van der Waals surface area contributed by atoms with Crippen molar-refractivity contribution < 1.29 is 0 Å². The maximum Gasteiger partial charge on any atom is 0.0366 e. The molecule has 1 rings (SSSR count). The lowest BCUT2D eigenvalue weighted by molar-refractivity contribution is 0.638. The molecule has 2 heteroatoms. The van der Waals surface area contributed by atoms with Crippen molar-refractivity contribution in [1.82, 2.24) is 5.32 Å². The zero-order valence-corrected chi connectivity index (χ0v) is 11.2. The van der Waals surface area contributed by atoms with Crippen LogP contribution in [0.1, 0.15) is 25.0 Å². The lowest BCUT2D eigenvalue weighted by Crippen LogP contribution is -2.22. The smallest absolute Gasteiger partial charge is 0.0366 e. The van der Waals surface area contributed by atoms with Crippen molar-refractivity contribution in [3.05, 3.63) is 29.3 Å². The first-order chi connectivity index (χ1) is 7.54. The van der Waals surface area contributed by atoms with Crippen molar-refractivity contribution in [3.8, 4) is 0 Å². The molecule has 0 aliphatic rings. The Morgan fingerprint density at radius 1 is 1.31 bits per heavy atom. The minimum atomic E-state index is 0.697. The standard InChI is InChI=1S/C14H24N2/c1-11(2)10-16(5)14-7-6-13(9-15-4)12(3)8-14/h6-8,11,15H,9-10H2,1-5H3. The lowest BCUT2D eigenvalue weighted by Gasteiger charge is -2.22. The Bertz CT molecular complexity index is 332. The molecule has 0 atom stereocenters. The third-order valence-corrected chi connectivity index (χ3v) is 2.77. The van der Waals surface area contributed by atoms with Crippen molar-refractivity contribution in [2.24, 2.45) is 5.92 Å². The summed E-state index contributed by atoms with van der Waals surface area (Å²) in [5, 5.41) is 3.19. The maximum absolute atomic E-state index is 3.19. The van der Waals surface area contributed by atoms with Gasteiger partial charge in [0.05, 0.1) is 0 Å². The van der Waals surface area contributed by atoms with Gasteiger partial charge in [-0.2, -0.15) is 0 Å². The summed E-state index contributed by atoms with van der Waals surface area (Å²) >= 11 is 0. The molecule has 0 heterocycles. The average molecular weight is 220 g/mol. The molecule has 90 valence electrons. The molecule has 0 radical (unpaired) electrons. The van der Waals surface area contributed by atoms with Gasteiger partial charge in [0, 0.05) is 25.8 Å². The second kappa shape index (κ2) is 5.90. The highest BCUT2D eigenvalue weighted by Crippen LogP contribution is 2.19. The van der Waals surface area contributed by atoms with Gasteiger partial charge in [0.25, 0.3) is 0 Å². The summed E-state index contributed by atoms with van der Waals surface area (Å²) in [7, 11) is 4.14. The van der Waals surface area contributed by atoms with Gasteiger partial charge >= 0.3 is 0 Å². The highest BCUT2D eigenvalue weighted by molar-refractivity contribution is 5.50. The van der Waals surface area contributed by atoms with Crippen LogP contribution in [0.4, 0.5) is 5.69 Å². The van der Waals surface area contributed by atoms with E-state index in [1.165, 1.54) is 16.8 Å². The van der Waals surface area contributed by atoms with Crippen LogP contribution in [0.25, 0.3) is 0 Å². The van der Waals surface area contributed by atoms with Crippen LogP contribution in [0.2, 0.25) is 0 Å². The van der Waals surface area contributed by atoms with Crippen LogP contribution in [0.15, 0.2) is 18.2 Å². The molecule has 0 saturated heterocycles. The molecular formula is C14H24N2. The van der Waals surface area contributed by atoms with Crippen molar-refractivity contribution in [2.75, 3.05) is 25.5 Å². The molecule has 0 spiro atoms. The van der Waals surface area contributed by atoms with Crippen LogP contribution in [-0.4, -0.2) is 20.6 Å². The van der Waals surface area contributed by atoms with Crippen LogP contribution in [-0.2, 0) is 6.54 Å². The Balaban J connectivity index is 2.79. The quantitative estimate of drug-likeness (QED) is 0.821. The summed E-state index contributed by atoms with van der Waals surface area (Å²) in [6.45, 7) is 8.72. The van der Waals surface area contributed by atoms with E-state index in [2.05, 4.69) is 56.2 Å². The van der Waals surface area contributed by atoms with E-state index in [9.17, 15) is 0 Å². The number of rotatable bonds is 5. The molecule has 0 aliphatic carbocycles. The molecule has 0 aliphatic heterocycles. The van der Waals surface area contributed by atoms with Crippen molar-refractivity contribution in [1.29, 1.82) is 0 Å². The molecule has 0 unspecified atom stereocenters. The second-order valence-corrected chi connectivity index (χ2v) is 4.92. The topological polar surface area (TPSA) is 15.3 Å². The summed E-state index contributed by atoms with van der Waals surface area (Å²) in [5.74, 6) is 0.697. The van der Waals surface area contributed by atoms with Gasteiger partial charge in [0.2, 0.25) is 0 Å². The van der Waals surface area contributed by atoms with E-state index in [0.29, 0.717) is 5.92 Å². The molecule has 0 fully saturated rings. The Kier molecular flexibility index (Phi) is 4.81. The van der Waals surface area contributed by atoms with E-state index < -0.39 is 0 Å². The SMILES string of the molecule is CNCc1ccc(N(C)CC(C)C)cc1C. The fraction of sp³-hybridized carbons (Fsp3) is 0.571. The summed E-state index contributed by atoms with van der Waals surface area (Å²) in [4.78, 5) is 2.32. The normalized spacial score (nSPS) is 10.9. The fourth-order valence-electron chi connectivity index (χ4n) is 1.96. The first-order valence-electron chi connectivity index (χ1n) is 6.00. The number of hydrogen-bond acceptors (Lipinski definition) is 2. The number of hydrogen-bond donors (Lipinski definition) is 1. The van der Waals surface area contributed by atoms with Crippen LogP contribution < -0.4 is 10.2 Å². The maximum atomic E-state index is 3.19. The molecule has 1 aromatic carbocycles. The van der Waals surface area contributed by atoms with E-state index >= 15 is 0 Å². The molecule has 0 amide bonds. The molecule has 16 heavy (non-hydrogen) atoms. The van der Waals surface area contributed by atoms with Gasteiger partial charge in [-0.25, -0.2) is 0 Å². The Morgan fingerprint density at radius 3 is 2.50 bits per heavy atom. The van der Waals surface area contributed by atoms with E-state index in [4.69, 9.17) is 0 Å². The number of aryl methyl sites for hydroxylation is 1. The highest BCUT2D eigenvalue weighted by Gasteiger charge is 2.05. The third-order valence-electron chi connectivity index (χ3n) is 2.77. The summed E-state index contributed by atoms with van der Waals surface area (Å²) in [6.07, 6.45) is 0. The van der Waals surface area contributed by atoms with E-state index in [1.807, 2.05) is 7.05 Å². The minimum Gasteiger partial charge on any atom is -0.374 e. The Morgan fingerprint density at radius 2 is 2.00 bits per heavy atom. The third kappa shape index (κ3) is 3.53. The van der Waals surface area contributed by atoms with Crippen LogP contribution in [0.5, 0.6) is 0 Å². The van der Waals surface area contributed by atoms with E-state index in [1.54, 1.807) is 0 Å². The molecule has 1 N–H and O–H groups in total. The molecule has 0 aromatic heterocycles. The number of anilines is 1. The zero-order valence-electron chi connectivity index (χ0n) is 11.2. The van der Waals surface area contributed by atoms with Gasteiger partial charge in [-0.1, -0.05) is 19.9 Å². The molecule has 2 nitrogen and oxygen atoms in total. The second-order valence-electron chi connectivity index (χ2n) is 4.92. The minimum absolute atomic E-state index is 0.697. The summed E-state index contributed by atoms with van der Waals surface area (Å²) in [6, 6.07) is 6.70. The average Bonchev–Trinajstić information content (AvgIpc) is 2.20. The first kappa shape index (κ1) is 13.0. The van der Waals surface area contributed by atoms with Crippen LogP contribution >= 0.6 is 0 Å². The van der Waals surface area contributed by atoms with Gasteiger partial charge in [-0.05, 0) is 43.1 Å². The molecule has 0 bridgehead atoms. The van der Waals surface area contributed by atoms with Gasteiger partial charge in [-0.3, -0.25) is 0 Å². The number of benzene rings is 1.